The van der Waals surface area contributed by atoms with Crippen molar-refractivity contribution in [3.63, 3.8) is 0 Å². The maximum atomic E-state index is 12.8. The van der Waals surface area contributed by atoms with Gasteiger partial charge in [0, 0.05) is 6.20 Å². The number of hydrogen-bond donors (Lipinski definition) is 1. The second-order valence-corrected chi connectivity index (χ2v) is 4.24. The van der Waals surface area contributed by atoms with E-state index in [0.29, 0.717) is 4.47 Å². The van der Waals surface area contributed by atoms with E-state index in [9.17, 15) is 13.2 Å². The smallest absolute Gasteiger partial charge is 0.339 e. The highest BCUT2D eigenvalue weighted by Crippen LogP contribution is 2.36. The Morgan fingerprint density at radius 3 is 2.56 bits per heavy atom. The van der Waals surface area contributed by atoms with Gasteiger partial charge >= 0.3 is 6.18 Å². The molecule has 0 unspecified atom stereocenters. The zero-order valence-electron chi connectivity index (χ0n) is 8.87. The lowest BCUT2D eigenvalue weighted by Gasteiger charge is -2.14. The van der Waals surface area contributed by atoms with Crippen LogP contribution in [0.4, 0.5) is 24.7 Å². The minimum absolute atomic E-state index is 0.0515. The molecule has 0 saturated carbocycles. The Morgan fingerprint density at radius 1 is 1.17 bits per heavy atom. The molecular weight excluding hydrogens is 311 g/mol. The molecule has 0 spiro atoms. The summed E-state index contributed by atoms with van der Waals surface area (Å²) in [6.07, 6.45) is -1.71. The number of alkyl halides is 3. The van der Waals surface area contributed by atoms with Gasteiger partial charge in [-0.05, 0) is 28.1 Å². The molecule has 1 heterocycles. The minimum Gasteiger partial charge on any atom is -0.339 e. The zero-order chi connectivity index (χ0) is 13.2. The molecule has 3 nitrogen and oxygen atoms in total. The first-order valence-electron chi connectivity index (χ1n) is 4.87. The predicted molar refractivity (Wildman–Crippen MR) is 64.5 cm³/mol. The molecule has 0 atom stereocenters. The van der Waals surface area contributed by atoms with Gasteiger partial charge in [-0.2, -0.15) is 13.2 Å². The highest BCUT2D eigenvalue weighted by Gasteiger charge is 2.33. The van der Waals surface area contributed by atoms with Crippen LogP contribution in [0.25, 0.3) is 0 Å². The zero-order valence-corrected chi connectivity index (χ0v) is 10.5. The molecular formula is C11H7BrF3N3. The molecule has 0 aliphatic rings. The lowest BCUT2D eigenvalue weighted by atomic mass is 10.1. The van der Waals surface area contributed by atoms with E-state index in [0.717, 1.165) is 6.07 Å². The van der Waals surface area contributed by atoms with Crippen LogP contribution in [-0.2, 0) is 6.18 Å². The monoisotopic (exact) mass is 317 g/mol. The second-order valence-electron chi connectivity index (χ2n) is 3.39. The van der Waals surface area contributed by atoms with Crippen LogP contribution in [0.1, 0.15) is 5.56 Å². The van der Waals surface area contributed by atoms with Crippen molar-refractivity contribution in [1.82, 2.24) is 9.97 Å². The number of nitrogens with zero attached hydrogens (tertiary/aromatic N) is 2. The van der Waals surface area contributed by atoms with E-state index in [4.69, 9.17) is 0 Å². The fraction of sp³-hybridized carbons (Fsp3) is 0.0909. The molecule has 7 heteroatoms. The maximum absolute atomic E-state index is 12.8. The number of anilines is 2. The second kappa shape index (κ2) is 4.93. The molecule has 2 aromatic rings. The number of nitrogens with one attached hydrogen (secondary N) is 1. The summed E-state index contributed by atoms with van der Waals surface area (Å²) >= 11 is 3.16. The summed E-state index contributed by atoms with van der Waals surface area (Å²) in [5, 5.41) is 2.63. The molecule has 94 valence electrons. The summed E-state index contributed by atoms with van der Waals surface area (Å²) in [5.41, 5.74) is -0.792. The van der Waals surface area contributed by atoms with Gasteiger partial charge in [0.2, 0.25) is 0 Å². The molecule has 0 aliphatic heterocycles. The van der Waals surface area contributed by atoms with Gasteiger partial charge in [0.1, 0.15) is 12.1 Å². The first kappa shape index (κ1) is 12.8. The van der Waals surface area contributed by atoms with Gasteiger partial charge in [0.15, 0.2) is 0 Å². The topological polar surface area (TPSA) is 37.8 Å². The van der Waals surface area contributed by atoms with Crippen LogP contribution in [0.3, 0.4) is 0 Å². The fourth-order valence-electron chi connectivity index (χ4n) is 1.37. The van der Waals surface area contributed by atoms with Crippen LogP contribution in [0.15, 0.2) is 41.3 Å². The SMILES string of the molecule is FC(F)(F)c1ccccc1Nc1ncncc1Br. The van der Waals surface area contributed by atoms with Crippen LogP contribution < -0.4 is 5.32 Å². The first-order valence-corrected chi connectivity index (χ1v) is 5.66. The molecule has 2 rings (SSSR count). The van der Waals surface area contributed by atoms with Crippen molar-refractivity contribution < 1.29 is 13.2 Å². The molecule has 1 aromatic carbocycles. The van der Waals surface area contributed by atoms with E-state index >= 15 is 0 Å². The summed E-state index contributed by atoms with van der Waals surface area (Å²) in [6, 6.07) is 5.21. The van der Waals surface area contributed by atoms with Gasteiger partial charge in [-0.3, -0.25) is 0 Å². The third-order valence-corrected chi connectivity index (χ3v) is 2.73. The fourth-order valence-corrected chi connectivity index (χ4v) is 1.69. The Bertz CT molecular complexity index is 557. The Balaban J connectivity index is 2.39. The van der Waals surface area contributed by atoms with Crippen LogP contribution in [0.5, 0.6) is 0 Å². The Labute approximate surface area is 109 Å². The Morgan fingerprint density at radius 2 is 1.89 bits per heavy atom. The van der Waals surface area contributed by atoms with Crippen molar-refractivity contribution in [3.05, 3.63) is 46.8 Å². The van der Waals surface area contributed by atoms with Gasteiger partial charge in [-0.15, -0.1) is 0 Å². The molecule has 0 amide bonds. The normalized spacial score (nSPS) is 11.3. The van der Waals surface area contributed by atoms with Crippen molar-refractivity contribution in [3.8, 4) is 0 Å². The standard InChI is InChI=1S/C11H7BrF3N3/c12-8-5-16-6-17-10(8)18-9-4-2-1-3-7(9)11(13,14)15/h1-6H,(H,16,17,18). The molecule has 0 fully saturated rings. The molecule has 0 bridgehead atoms. The van der Waals surface area contributed by atoms with E-state index in [-0.39, 0.29) is 11.5 Å². The van der Waals surface area contributed by atoms with Gasteiger partial charge in [-0.25, -0.2) is 9.97 Å². The van der Waals surface area contributed by atoms with E-state index in [1.165, 1.54) is 30.7 Å². The third-order valence-electron chi connectivity index (χ3n) is 2.15. The highest BCUT2D eigenvalue weighted by molar-refractivity contribution is 9.10. The number of para-hydroxylation sites is 1. The number of aromatic nitrogens is 2. The molecule has 0 aliphatic carbocycles. The molecule has 1 N–H and O–H groups in total. The number of halogens is 4. The summed E-state index contributed by atoms with van der Waals surface area (Å²) in [6.45, 7) is 0. The van der Waals surface area contributed by atoms with Crippen molar-refractivity contribution in [1.29, 1.82) is 0 Å². The third kappa shape index (κ3) is 2.79. The van der Waals surface area contributed by atoms with Crippen LogP contribution >= 0.6 is 15.9 Å². The maximum Gasteiger partial charge on any atom is 0.418 e. The first-order chi connectivity index (χ1) is 8.48. The van der Waals surface area contributed by atoms with Gasteiger partial charge < -0.3 is 5.32 Å². The molecule has 1 aromatic heterocycles. The summed E-state index contributed by atoms with van der Waals surface area (Å²) < 4.78 is 38.8. The van der Waals surface area contributed by atoms with Crippen molar-refractivity contribution in [2.75, 3.05) is 5.32 Å². The summed E-state index contributed by atoms with van der Waals surface area (Å²) in [7, 11) is 0. The Kier molecular flexibility index (Phi) is 3.51. The van der Waals surface area contributed by atoms with E-state index in [1.54, 1.807) is 0 Å². The Hall–Kier alpha value is -1.63. The lowest BCUT2D eigenvalue weighted by molar-refractivity contribution is -0.136. The average Bonchev–Trinajstić information content (AvgIpc) is 2.31. The average molecular weight is 318 g/mol. The van der Waals surface area contributed by atoms with Crippen molar-refractivity contribution >= 4 is 27.4 Å². The molecule has 18 heavy (non-hydrogen) atoms. The number of rotatable bonds is 2. The van der Waals surface area contributed by atoms with E-state index in [2.05, 4.69) is 31.2 Å². The molecule has 0 radical (unpaired) electrons. The largest absolute Gasteiger partial charge is 0.418 e. The van der Waals surface area contributed by atoms with Gasteiger partial charge in [0.25, 0.3) is 0 Å². The van der Waals surface area contributed by atoms with Gasteiger partial charge in [-0.1, -0.05) is 12.1 Å². The van der Waals surface area contributed by atoms with E-state index < -0.39 is 11.7 Å². The van der Waals surface area contributed by atoms with Crippen LogP contribution in [-0.4, -0.2) is 9.97 Å². The number of benzene rings is 1. The number of hydrogen-bond acceptors (Lipinski definition) is 3. The predicted octanol–water partition coefficient (Wildman–Crippen LogP) is 4.00. The van der Waals surface area contributed by atoms with Crippen molar-refractivity contribution in [2.45, 2.75) is 6.18 Å². The molecule has 0 saturated heterocycles. The minimum atomic E-state index is -4.41. The highest BCUT2D eigenvalue weighted by atomic mass is 79.9. The van der Waals surface area contributed by atoms with E-state index in [1.807, 2.05) is 0 Å². The summed E-state index contributed by atoms with van der Waals surface area (Å²) in [5.74, 6) is 0.279. The van der Waals surface area contributed by atoms with Crippen molar-refractivity contribution in [2.24, 2.45) is 0 Å². The summed E-state index contributed by atoms with van der Waals surface area (Å²) in [4.78, 5) is 7.60. The van der Waals surface area contributed by atoms with Crippen LogP contribution in [0, 0.1) is 0 Å². The van der Waals surface area contributed by atoms with Crippen LogP contribution in [0.2, 0.25) is 0 Å². The quantitative estimate of drug-likeness (QED) is 0.909. The lowest BCUT2D eigenvalue weighted by Crippen LogP contribution is -2.09. The van der Waals surface area contributed by atoms with Gasteiger partial charge in [0.05, 0.1) is 15.7 Å².